The van der Waals surface area contributed by atoms with Crippen molar-refractivity contribution >= 4 is 17.1 Å². The van der Waals surface area contributed by atoms with Gasteiger partial charge in [-0.15, -0.1) is 11.3 Å². The van der Waals surface area contributed by atoms with Crippen LogP contribution in [0.2, 0.25) is 0 Å². The second-order valence-corrected chi connectivity index (χ2v) is 7.57. The molecule has 2 aromatic carbocycles. The van der Waals surface area contributed by atoms with E-state index >= 15 is 0 Å². The van der Waals surface area contributed by atoms with Crippen LogP contribution in [0.1, 0.15) is 42.4 Å². The average Bonchev–Trinajstić information content (AvgIpc) is 2.89. The summed E-state index contributed by atoms with van der Waals surface area (Å²) >= 11 is 1.73. The van der Waals surface area contributed by atoms with Gasteiger partial charge in [-0.3, -0.25) is 4.79 Å². The number of ether oxygens (including phenoxy) is 1. The molecule has 0 saturated carbocycles. The fourth-order valence-electron chi connectivity index (χ4n) is 3.06. The Morgan fingerprint density at radius 1 is 1.04 bits per heavy atom. The highest BCUT2D eigenvalue weighted by molar-refractivity contribution is 7.12. The molecule has 25 heavy (non-hydrogen) atoms. The molecule has 0 bridgehead atoms. The van der Waals surface area contributed by atoms with Crippen molar-refractivity contribution in [1.29, 1.82) is 0 Å². The van der Waals surface area contributed by atoms with E-state index in [1.54, 1.807) is 18.4 Å². The van der Waals surface area contributed by atoms with Crippen molar-refractivity contribution < 1.29 is 9.53 Å². The molecule has 0 radical (unpaired) electrons. The number of thiophene rings is 1. The largest absolute Gasteiger partial charge is 0.496 e. The smallest absolute Gasteiger partial charge is 0.194 e. The van der Waals surface area contributed by atoms with Crippen LogP contribution >= 0.6 is 11.3 Å². The standard InChI is InChI=1S/C22H22O2S/c1-14-12-18(10-11-19(14)24-4)22(23)21-15(2)16(3)25-20(21)13-17-8-6-5-7-9-17/h5-12H,13H2,1-4H3. The first-order valence-corrected chi connectivity index (χ1v) is 9.15. The first-order valence-electron chi connectivity index (χ1n) is 8.33. The number of rotatable bonds is 5. The maximum absolute atomic E-state index is 13.2. The molecular weight excluding hydrogens is 328 g/mol. The predicted molar refractivity (Wildman–Crippen MR) is 104 cm³/mol. The summed E-state index contributed by atoms with van der Waals surface area (Å²) in [5.41, 5.74) is 4.87. The van der Waals surface area contributed by atoms with Gasteiger partial charge in [-0.05, 0) is 55.7 Å². The lowest BCUT2D eigenvalue weighted by Crippen LogP contribution is -2.06. The summed E-state index contributed by atoms with van der Waals surface area (Å²) < 4.78 is 5.31. The van der Waals surface area contributed by atoms with Crippen molar-refractivity contribution in [3.05, 3.63) is 86.1 Å². The number of benzene rings is 2. The summed E-state index contributed by atoms with van der Waals surface area (Å²) in [6.45, 7) is 6.10. The first-order chi connectivity index (χ1) is 12.0. The van der Waals surface area contributed by atoms with Crippen LogP contribution < -0.4 is 4.74 Å². The van der Waals surface area contributed by atoms with Gasteiger partial charge in [0, 0.05) is 27.3 Å². The molecule has 0 N–H and O–H groups in total. The van der Waals surface area contributed by atoms with Gasteiger partial charge in [-0.25, -0.2) is 0 Å². The molecule has 0 fully saturated rings. The number of hydrogen-bond donors (Lipinski definition) is 0. The second-order valence-electron chi connectivity index (χ2n) is 6.26. The van der Waals surface area contributed by atoms with Crippen LogP contribution in [0.4, 0.5) is 0 Å². The molecule has 128 valence electrons. The van der Waals surface area contributed by atoms with Crippen LogP contribution in [0.15, 0.2) is 48.5 Å². The van der Waals surface area contributed by atoms with E-state index in [2.05, 4.69) is 19.1 Å². The lowest BCUT2D eigenvalue weighted by molar-refractivity contribution is 0.103. The molecular formula is C22H22O2S. The van der Waals surface area contributed by atoms with Crippen LogP contribution in [0, 0.1) is 20.8 Å². The minimum atomic E-state index is 0.0959. The monoisotopic (exact) mass is 350 g/mol. The Balaban J connectivity index is 2.01. The van der Waals surface area contributed by atoms with Crippen LogP contribution in [0.5, 0.6) is 5.75 Å². The maximum Gasteiger partial charge on any atom is 0.194 e. The minimum absolute atomic E-state index is 0.0959. The highest BCUT2D eigenvalue weighted by atomic mass is 32.1. The van der Waals surface area contributed by atoms with Crippen molar-refractivity contribution in [2.45, 2.75) is 27.2 Å². The topological polar surface area (TPSA) is 26.3 Å². The number of ketones is 1. The third kappa shape index (κ3) is 3.52. The zero-order valence-corrected chi connectivity index (χ0v) is 15.9. The summed E-state index contributed by atoms with van der Waals surface area (Å²) in [6, 6.07) is 15.9. The van der Waals surface area contributed by atoms with Crippen LogP contribution in [-0.4, -0.2) is 12.9 Å². The van der Waals surface area contributed by atoms with E-state index in [1.165, 1.54) is 10.4 Å². The summed E-state index contributed by atoms with van der Waals surface area (Å²) in [6.07, 6.45) is 0.788. The molecule has 0 aliphatic carbocycles. The SMILES string of the molecule is COc1ccc(C(=O)c2c(Cc3ccccc3)sc(C)c2C)cc1C. The molecule has 0 atom stereocenters. The molecule has 0 aliphatic rings. The van der Waals surface area contributed by atoms with Crippen LogP contribution in [-0.2, 0) is 6.42 Å². The summed E-state index contributed by atoms with van der Waals surface area (Å²) in [5.74, 6) is 0.901. The Hall–Kier alpha value is -2.39. The van der Waals surface area contributed by atoms with Gasteiger partial charge in [0.1, 0.15) is 5.75 Å². The molecule has 0 spiro atoms. The number of aryl methyl sites for hydroxylation is 2. The minimum Gasteiger partial charge on any atom is -0.496 e. The Morgan fingerprint density at radius 3 is 2.40 bits per heavy atom. The Morgan fingerprint density at radius 2 is 1.76 bits per heavy atom. The van der Waals surface area contributed by atoms with Crippen molar-refractivity contribution in [1.82, 2.24) is 0 Å². The molecule has 3 aromatic rings. The zero-order valence-electron chi connectivity index (χ0n) is 15.1. The predicted octanol–water partition coefficient (Wildman–Crippen LogP) is 5.50. The molecule has 3 rings (SSSR count). The van der Waals surface area contributed by atoms with E-state index in [4.69, 9.17) is 4.74 Å². The van der Waals surface area contributed by atoms with Gasteiger partial charge in [0.15, 0.2) is 5.78 Å². The van der Waals surface area contributed by atoms with Crippen molar-refractivity contribution in [2.24, 2.45) is 0 Å². The zero-order chi connectivity index (χ0) is 18.0. The van der Waals surface area contributed by atoms with Gasteiger partial charge in [-0.1, -0.05) is 30.3 Å². The lowest BCUT2D eigenvalue weighted by atomic mass is 9.96. The first kappa shape index (κ1) is 17.4. The van der Waals surface area contributed by atoms with Crippen molar-refractivity contribution in [3.63, 3.8) is 0 Å². The number of hydrogen-bond acceptors (Lipinski definition) is 3. The normalized spacial score (nSPS) is 10.7. The fourth-order valence-corrected chi connectivity index (χ4v) is 4.28. The fraction of sp³-hybridized carbons (Fsp3) is 0.227. The van der Waals surface area contributed by atoms with E-state index in [1.807, 2.05) is 50.2 Å². The van der Waals surface area contributed by atoms with E-state index in [-0.39, 0.29) is 5.78 Å². The number of methoxy groups -OCH3 is 1. The van der Waals surface area contributed by atoms with Gasteiger partial charge in [0.2, 0.25) is 0 Å². The summed E-state index contributed by atoms with van der Waals surface area (Å²) in [7, 11) is 1.65. The van der Waals surface area contributed by atoms with E-state index < -0.39 is 0 Å². The Bertz CT molecular complexity index is 907. The molecule has 2 nitrogen and oxygen atoms in total. The van der Waals surface area contributed by atoms with Gasteiger partial charge in [0.25, 0.3) is 0 Å². The average molecular weight is 350 g/mol. The van der Waals surface area contributed by atoms with E-state index in [0.29, 0.717) is 5.56 Å². The van der Waals surface area contributed by atoms with Gasteiger partial charge < -0.3 is 4.74 Å². The molecule has 0 amide bonds. The maximum atomic E-state index is 13.2. The summed E-state index contributed by atoms with van der Waals surface area (Å²) in [5, 5.41) is 0. The quantitative estimate of drug-likeness (QED) is 0.568. The van der Waals surface area contributed by atoms with Crippen LogP contribution in [0.25, 0.3) is 0 Å². The molecule has 0 unspecified atom stereocenters. The number of carbonyl (C=O) groups excluding carboxylic acids is 1. The van der Waals surface area contributed by atoms with Gasteiger partial charge >= 0.3 is 0 Å². The number of carbonyl (C=O) groups is 1. The lowest BCUT2D eigenvalue weighted by Gasteiger charge is -2.09. The Kier molecular flexibility index (Phi) is 5.05. The van der Waals surface area contributed by atoms with E-state index in [9.17, 15) is 4.79 Å². The Labute approximate surface area is 153 Å². The highest BCUT2D eigenvalue weighted by Crippen LogP contribution is 2.32. The third-order valence-electron chi connectivity index (χ3n) is 4.55. The second kappa shape index (κ2) is 7.24. The van der Waals surface area contributed by atoms with Crippen LogP contribution in [0.3, 0.4) is 0 Å². The molecule has 0 aliphatic heterocycles. The highest BCUT2D eigenvalue weighted by Gasteiger charge is 2.21. The molecule has 0 saturated heterocycles. The summed E-state index contributed by atoms with van der Waals surface area (Å²) in [4.78, 5) is 15.6. The van der Waals surface area contributed by atoms with Crippen molar-refractivity contribution in [3.8, 4) is 5.75 Å². The van der Waals surface area contributed by atoms with Crippen molar-refractivity contribution in [2.75, 3.05) is 7.11 Å². The molecule has 1 heterocycles. The molecule has 1 aromatic heterocycles. The third-order valence-corrected chi connectivity index (χ3v) is 5.76. The van der Waals surface area contributed by atoms with E-state index in [0.717, 1.165) is 33.7 Å². The molecule has 3 heteroatoms. The van der Waals surface area contributed by atoms with Gasteiger partial charge in [-0.2, -0.15) is 0 Å². The van der Waals surface area contributed by atoms with Gasteiger partial charge in [0.05, 0.1) is 7.11 Å².